The van der Waals surface area contributed by atoms with Gasteiger partial charge in [-0.05, 0) is 38.8 Å². The zero-order valence-corrected chi connectivity index (χ0v) is 13.0. The summed E-state index contributed by atoms with van der Waals surface area (Å²) in [7, 11) is 0. The maximum absolute atomic E-state index is 13.9. The Hall–Kier alpha value is -1.69. The van der Waals surface area contributed by atoms with Gasteiger partial charge >= 0.3 is 6.09 Å². The molecule has 0 aliphatic carbocycles. The van der Waals surface area contributed by atoms with Gasteiger partial charge in [0.15, 0.2) is 0 Å². The van der Waals surface area contributed by atoms with Crippen molar-refractivity contribution in [2.24, 2.45) is 0 Å². The Balaban J connectivity index is 2.17. The summed E-state index contributed by atoms with van der Waals surface area (Å²) >= 11 is 0. The monoisotopic (exact) mass is 313 g/mol. The Morgan fingerprint density at radius 3 is 2.64 bits per heavy atom. The molecule has 0 spiro atoms. The fraction of sp³-hybridized carbons (Fsp3) is 0.562. The van der Waals surface area contributed by atoms with Gasteiger partial charge < -0.3 is 14.7 Å². The number of benzene rings is 1. The molecule has 0 radical (unpaired) electrons. The fourth-order valence-corrected chi connectivity index (χ4v) is 2.69. The van der Waals surface area contributed by atoms with Gasteiger partial charge in [0.1, 0.15) is 17.2 Å². The van der Waals surface area contributed by atoms with E-state index in [-0.39, 0.29) is 19.1 Å². The van der Waals surface area contributed by atoms with Crippen LogP contribution in [0, 0.1) is 11.6 Å². The molecule has 1 aliphatic rings. The van der Waals surface area contributed by atoms with E-state index in [2.05, 4.69) is 0 Å². The number of carbonyl (C=O) groups is 1. The van der Waals surface area contributed by atoms with E-state index in [1.54, 1.807) is 20.8 Å². The minimum atomic E-state index is -0.643. The summed E-state index contributed by atoms with van der Waals surface area (Å²) in [6, 6.07) is 2.99. The molecule has 1 amide bonds. The lowest BCUT2D eigenvalue weighted by Gasteiger charge is -2.27. The summed E-state index contributed by atoms with van der Waals surface area (Å²) in [6.07, 6.45) is -0.116. The van der Waals surface area contributed by atoms with Crippen LogP contribution < -0.4 is 0 Å². The second kappa shape index (κ2) is 6.20. The molecule has 1 N–H and O–H groups in total. The Labute approximate surface area is 128 Å². The van der Waals surface area contributed by atoms with Gasteiger partial charge in [-0.3, -0.25) is 0 Å². The van der Waals surface area contributed by atoms with Crippen LogP contribution in [0.4, 0.5) is 13.6 Å². The average Bonchev–Trinajstić information content (AvgIpc) is 2.80. The van der Waals surface area contributed by atoms with Crippen LogP contribution in [0.15, 0.2) is 18.2 Å². The van der Waals surface area contributed by atoms with E-state index in [4.69, 9.17) is 4.74 Å². The van der Waals surface area contributed by atoms with Crippen LogP contribution in [0.2, 0.25) is 0 Å². The number of rotatable bonds is 2. The maximum Gasteiger partial charge on any atom is 0.410 e. The lowest BCUT2D eigenvalue weighted by atomic mass is 9.96. The zero-order valence-electron chi connectivity index (χ0n) is 13.0. The SMILES string of the molecule is CC(C)(C)OC(=O)N1CC(c2ccc(F)cc2F)CC1CO. The number of amides is 1. The largest absolute Gasteiger partial charge is 0.444 e. The lowest BCUT2D eigenvalue weighted by Crippen LogP contribution is -2.41. The molecule has 0 aromatic heterocycles. The molecule has 0 saturated carbocycles. The third kappa shape index (κ3) is 3.74. The van der Waals surface area contributed by atoms with Crippen LogP contribution in [0.5, 0.6) is 0 Å². The van der Waals surface area contributed by atoms with Crippen LogP contribution in [-0.4, -0.2) is 40.9 Å². The number of likely N-dealkylation sites (tertiary alicyclic amines) is 1. The van der Waals surface area contributed by atoms with Gasteiger partial charge in [0.25, 0.3) is 0 Å². The Morgan fingerprint density at radius 1 is 1.41 bits per heavy atom. The van der Waals surface area contributed by atoms with E-state index < -0.39 is 29.4 Å². The van der Waals surface area contributed by atoms with Gasteiger partial charge in [0.2, 0.25) is 0 Å². The minimum absolute atomic E-state index is 0.224. The molecule has 1 aliphatic heterocycles. The van der Waals surface area contributed by atoms with Crippen molar-refractivity contribution >= 4 is 6.09 Å². The van der Waals surface area contributed by atoms with Crippen molar-refractivity contribution in [2.45, 2.75) is 44.8 Å². The van der Waals surface area contributed by atoms with Crippen molar-refractivity contribution in [3.05, 3.63) is 35.4 Å². The van der Waals surface area contributed by atoms with Gasteiger partial charge in [-0.1, -0.05) is 6.07 Å². The van der Waals surface area contributed by atoms with Crippen molar-refractivity contribution in [1.82, 2.24) is 4.90 Å². The molecule has 6 heteroatoms. The highest BCUT2D eigenvalue weighted by Crippen LogP contribution is 2.34. The van der Waals surface area contributed by atoms with Crippen molar-refractivity contribution in [1.29, 1.82) is 0 Å². The molecule has 2 rings (SSSR count). The van der Waals surface area contributed by atoms with E-state index in [1.807, 2.05) is 0 Å². The van der Waals surface area contributed by atoms with Crippen molar-refractivity contribution in [3.8, 4) is 0 Å². The summed E-state index contributed by atoms with van der Waals surface area (Å²) in [6.45, 7) is 5.28. The van der Waals surface area contributed by atoms with Crippen molar-refractivity contribution < 1.29 is 23.4 Å². The van der Waals surface area contributed by atoms with Gasteiger partial charge in [0.05, 0.1) is 12.6 Å². The molecule has 2 atom stereocenters. The molecule has 4 nitrogen and oxygen atoms in total. The van der Waals surface area contributed by atoms with Crippen molar-refractivity contribution in [3.63, 3.8) is 0 Å². The van der Waals surface area contributed by atoms with Crippen LogP contribution >= 0.6 is 0 Å². The number of carbonyl (C=O) groups excluding carboxylic acids is 1. The lowest BCUT2D eigenvalue weighted by molar-refractivity contribution is 0.0174. The summed E-state index contributed by atoms with van der Waals surface area (Å²) < 4.78 is 32.2. The quantitative estimate of drug-likeness (QED) is 0.913. The first-order valence-corrected chi connectivity index (χ1v) is 7.26. The van der Waals surface area contributed by atoms with E-state index in [0.29, 0.717) is 12.0 Å². The number of aliphatic hydroxyl groups is 1. The summed E-state index contributed by atoms with van der Waals surface area (Å²) in [5, 5.41) is 9.46. The molecule has 2 unspecified atom stereocenters. The third-order valence-electron chi connectivity index (χ3n) is 3.66. The number of aliphatic hydroxyl groups excluding tert-OH is 1. The summed E-state index contributed by atoms with van der Waals surface area (Å²) in [5.74, 6) is -1.56. The Bertz CT molecular complexity index is 557. The van der Waals surface area contributed by atoms with E-state index in [0.717, 1.165) is 6.07 Å². The van der Waals surface area contributed by atoms with Gasteiger partial charge in [-0.2, -0.15) is 0 Å². The molecule has 1 heterocycles. The molecule has 122 valence electrons. The molecule has 22 heavy (non-hydrogen) atoms. The Kier molecular flexibility index (Phi) is 4.70. The molecule has 1 aromatic rings. The van der Waals surface area contributed by atoms with Gasteiger partial charge in [-0.25, -0.2) is 13.6 Å². The second-order valence-electron chi connectivity index (χ2n) is 6.57. The van der Waals surface area contributed by atoms with Crippen LogP contribution in [0.25, 0.3) is 0 Å². The second-order valence-corrected chi connectivity index (χ2v) is 6.57. The fourth-order valence-electron chi connectivity index (χ4n) is 2.69. The first-order valence-electron chi connectivity index (χ1n) is 7.26. The smallest absolute Gasteiger partial charge is 0.410 e. The average molecular weight is 313 g/mol. The van der Waals surface area contributed by atoms with Crippen LogP contribution in [0.3, 0.4) is 0 Å². The normalized spacial score (nSPS) is 22.0. The molecular weight excluding hydrogens is 292 g/mol. The number of nitrogens with zero attached hydrogens (tertiary/aromatic N) is 1. The molecule has 1 aromatic carbocycles. The van der Waals surface area contributed by atoms with Crippen LogP contribution in [-0.2, 0) is 4.74 Å². The first-order chi connectivity index (χ1) is 10.2. The first kappa shape index (κ1) is 16.7. The van der Waals surface area contributed by atoms with E-state index >= 15 is 0 Å². The Morgan fingerprint density at radius 2 is 2.09 bits per heavy atom. The van der Waals surface area contributed by atoms with Gasteiger partial charge in [0, 0.05) is 18.5 Å². The van der Waals surface area contributed by atoms with E-state index in [9.17, 15) is 18.7 Å². The van der Waals surface area contributed by atoms with Gasteiger partial charge in [-0.15, -0.1) is 0 Å². The highest BCUT2D eigenvalue weighted by Gasteiger charge is 2.38. The topological polar surface area (TPSA) is 49.8 Å². The number of ether oxygens (including phenoxy) is 1. The number of hydrogen-bond acceptors (Lipinski definition) is 3. The predicted molar refractivity (Wildman–Crippen MR) is 77.5 cm³/mol. The number of hydrogen-bond donors (Lipinski definition) is 1. The highest BCUT2D eigenvalue weighted by molar-refractivity contribution is 5.69. The molecule has 1 saturated heterocycles. The molecule has 1 fully saturated rings. The predicted octanol–water partition coefficient (Wildman–Crippen LogP) is 3.05. The summed E-state index contributed by atoms with van der Waals surface area (Å²) in [4.78, 5) is 13.6. The third-order valence-corrected chi connectivity index (χ3v) is 3.66. The highest BCUT2D eigenvalue weighted by atomic mass is 19.1. The van der Waals surface area contributed by atoms with Crippen LogP contribution in [0.1, 0.15) is 38.7 Å². The van der Waals surface area contributed by atoms with Crippen molar-refractivity contribution in [2.75, 3.05) is 13.2 Å². The molecule has 0 bridgehead atoms. The van der Waals surface area contributed by atoms with E-state index in [1.165, 1.54) is 17.0 Å². The maximum atomic E-state index is 13.9. The molecular formula is C16H21F2NO3. The number of halogens is 2. The summed E-state index contributed by atoms with van der Waals surface area (Å²) in [5.41, 5.74) is -0.290. The standard InChI is InChI=1S/C16H21F2NO3/c1-16(2,3)22-15(21)19-8-10(6-12(19)9-20)13-5-4-11(17)7-14(13)18/h4-5,7,10,12,20H,6,8-9H2,1-3H3. The minimum Gasteiger partial charge on any atom is -0.444 e. The zero-order chi connectivity index (χ0) is 16.5.